The van der Waals surface area contributed by atoms with Crippen LogP contribution in [0, 0.1) is 0 Å². The fourth-order valence-electron chi connectivity index (χ4n) is 2.01. The van der Waals surface area contributed by atoms with Crippen LogP contribution in [0.2, 0.25) is 0 Å². The van der Waals surface area contributed by atoms with Crippen LogP contribution in [-0.2, 0) is 0 Å². The number of fused-ring (bicyclic) bond motifs is 1. The molecule has 0 aliphatic heterocycles. The first kappa shape index (κ1) is 8.80. The first-order valence-corrected chi connectivity index (χ1v) is 5.10. The average Bonchev–Trinajstić information content (AvgIpc) is 2.84. The molecule has 1 fully saturated rings. The van der Waals surface area contributed by atoms with Gasteiger partial charge < -0.3 is 14.9 Å². The molecule has 2 aromatic rings. The molecule has 78 valence electrons. The molecule has 3 nitrogen and oxygen atoms in total. The third-order valence-electron chi connectivity index (χ3n) is 3.05. The van der Waals surface area contributed by atoms with Gasteiger partial charge in [0.1, 0.15) is 11.3 Å². The zero-order valence-electron chi connectivity index (χ0n) is 8.57. The van der Waals surface area contributed by atoms with Crippen LogP contribution in [0.25, 0.3) is 11.0 Å². The maximum atomic E-state index is 5.85. The lowest BCUT2D eigenvalue weighted by molar-refractivity contribution is 0.415. The van der Waals surface area contributed by atoms with Crippen LogP contribution >= 0.6 is 0 Å². The summed E-state index contributed by atoms with van der Waals surface area (Å²) in [6.07, 6.45) is 2.88. The van der Waals surface area contributed by atoms with Gasteiger partial charge in [-0.2, -0.15) is 0 Å². The predicted octanol–water partition coefficient (Wildman–Crippen LogP) is 2.26. The molecule has 3 rings (SSSR count). The Bertz CT molecular complexity index is 503. The Balaban J connectivity index is 2.14. The van der Waals surface area contributed by atoms with Crippen molar-refractivity contribution in [1.82, 2.24) is 0 Å². The van der Waals surface area contributed by atoms with E-state index in [-0.39, 0.29) is 0 Å². The van der Waals surface area contributed by atoms with Gasteiger partial charge in [0.05, 0.1) is 13.4 Å². The highest BCUT2D eigenvalue weighted by Crippen LogP contribution is 2.43. The quantitative estimate of drug-likeness (QED) is 0.814. The molecule has 1 aliphatic rings. The second-order valence-corrected chi connectivity index (χ2v) is 4.06. The summed E-state index contributed by atoms with van der Waals surface area (Å²) in [4.78, 5) is 0. The fourth-order valence-corrected chi connectivity index (χ4v) is 2.01. The van der Waals surface area contributed by atoms with Crippen molar-refractivity contribution >= 4 is 11.0 Å². The molecule has 1 saturated carbocycles. The van der Waals surface area contributed by atoms with Crippen LogP contribution in [0.5, 0.6) is 5.75 Å². The molecule has 2 atom stereocenters. The molecular formula is C12H13NO2. The number of methoxy groups -OCH3 is 1. The van der Waals surface area contributed by atoms with E-state index in [1.165, 1.54) is 5.56 Å². The van der Waals surface area contributed by atoms with E-state index in [4.69, 9.17) is 14.9 Å². The van der Waals surface area contributed by atoms with E-state index in [0.717, 1.165) is 23.1 Å². The van der Waals surface area contributed by atoms with Crippen LogP contribution in [0.1, 0.15) is 17.9 Å². The molecule has 1 heterocycles. The van der Waals surface area contributed by atoms with E-state index in [1.54, 1.807) is 7.11 Å². The molecule has 2 N–H and O–H groups in total. The summed E-state index contributed by atoms with van der Waals surface area (Å²) in [5.74, 6) is 1.33. The standard InChI is InChI=1S/C12H13NO2/c1-14-7-2-3-12-9(4-7)10(6-15-12)8-5-11(8)13/h2-4,6,8,11H,5,13H2,1H3. The maximum Gasteiger partial charge on any atom is 0.134 e. The van der Waals surface area contributed by atoms with Gasteiger partial charge >= 0.3 is 0 Å². The smallest absolute Gasteiger partial charge is 0.134 e. The zero-order chi connectivity index (χ0) is 10.4. The van der Waals surface area contributed by atoms with E-state index >= 15 is 0 Å². The lowest BCUT2D eigenvalue weighted by atomic mass is 10.1. The third-order valence-corrected chi connectivity index (χ3v) is 3.05. The predicted molar refractivity (Wildman–Crippen MR) is 58.1 cm³/mol. The van der Waals surface area contributed by atoms with Gasteiger partial charge in [-0.25, -0.2) is 0 Å². The Hall–Kier alpha value is -1.48. The van der Waals surface area contributed by atoms with E-state index in [2.05, 4.69) is 0 Å². The van der Waals surface area contributed by atoms with Crippen molar-refractivity contribution in [2.75, 3.05) is 7.11 Å². The second kappa shape index (κ2) is 3.00. The van der Waals surface area contributed by atoms with Gasteiger partial charge in [-0.3, -0.25) is 0 Å². The van der Waals surface area contributed by atoms with Crippen molar-refractivity contribution in [2.45, 2.75) is 18.4 Å². The molecule has 1 aliphatic carbocycles. The Labute approximate surface area is 87.8 Å². The number of furan rings is 1. The number of nitrogens with two attached hydrogens (primary N) is 1. The fraction of sp³-hybridized carbons (Fsp3) is 0.333. The highest BCUT2D eigenvalue weighted by atomic mass is 16.5. The monoisotopic (exact) mass is 203 g/mol. The molecule has 3 heteroatoms. The molecular weight excluding hydrogens is 190 g/mol. The largest absolute Gasteiger partial charge is 0.497 e. The molecule has 15 heavy (non-hydrogen) atoms. The van der Waals surface area contributed by atoms with Gasteiger partial charge in [0.2, 0.25) is 0 Å². The van der Waals surface area contributed by atoms with Crippen LogP contribution in [-0.4, -0.2) is 13.2 Å². The summed E-state index contributed by atoms with van der Waals surface area (Å²) < 4.78 is 10.7. The SMILES string of the molecule is COc1ccc2occ(C3CC3N)c2c1. The highest BCUT2D eigenvalue weighted by Gasteiger charge is 2.37. The van der Waals surface area contributed by atoms with Crippen LogP contribution in [0.4, 0.5) is 0 Å². The topological polar surface area (TPSA) is 48.4 Å². The Kier molecular flexibility index (Phi) is 1.76. The molecule has 2 unspecified atom stereocenters. The third kappa shape index (κ3) is 1.31. The van der Waals surface area contributed by atoms with E-state index in [1.807, 2.05) is 24.5 Å². The van der Waals surface area contributed by atoms with Gasteiger partial charge in [0, 0.05) is 22.9 Å². The molecule has 0 spiro atoms. The van der Waals surface area contributed by atoms with Gasteiger partial charge in [0.25, 0.3) is 0 Å². The summed E-state index contributed by atoms with van der Waals surface area (Å²) in [6, 6.07) is 6.16. The number of benzene rings is 1. The van der Waals surface area contributed by atoms with Crippen molar-refractivity contribution in [2.24, 2.45) is 5.73 Å². The lowest BCUT2D eigenvalue weighted by Crippen LogP contribution is -2.00. The average molecular weight is 203 g/mol. The van der Waals surface area contributed by atoms with E-state index < -0.39 is 0 Å². The zero-order valence-corrected chi connectivity index (χ0v) is 8.57. The molecule has 0 saturated heterocycles. The van der Waals surface area contributed by atoms with Gasteiger partial charge in [0.15, 0.2) is 0 Å². The molecule has 0 bridgehead atoms. The Morgan fingerprint density at radius 2 is 2.27 bits per heavy atom. The van der Waals surface area contributed by atoms with Crippen molar-refractivity contribution in [3.8, 4) is 5.75 Å². The normalized spacial score (nSPS) is 24.4. The van der Waals surface area contributed by atoms with Crippen LogP contribution in [0.3, 0.4) is 0 Å². The summed E-state index contributed by atoms with van der Waals surface area (Å²) in [7, 11) is 1.67. The van der Waals surface area contributed by atoms with Crippen molar-refractivity contribution < 1.29 is 9.15 Å². The molecule has 0 amide bonds. The second-order valence-electron chi connectivity index (χ2n) is 4.06. The van der Waals surface area contributed by atoms with Crippen molar-refractivity contribution in [3.63, 3.8) is 0 Å². The first-order chi connectivity index (χ1) is 7.29. The minimum absolute atomic E-state index is 0.303. The summed E-state index contributed by atoms with van der Waals surface area (Å²) in [6.45, 7) is 0. The number of hydrogen-bond donors (Lipinski definition) is 1. The Morgan fingerprint density at radius 3 is 2.93 bits per heavy atom. The minimum atomic E-state index is 0.303. The van der Waals surface area contributed by atoms with Gasteiger partial charge in [-0.1, -0.05) is 0 Å². The lowest BCUT2D eigenvalue weighted by Gasteiger charge is -1.99. The molecule has 0 radical (unpaired) electrons. The highest BCUT2D eigenvalue weighted by molar-refractivity contribution is 5.83. The van der Waals surface area contributed by atoms with Crippen molar-refractivity contribution in [3.05, 3.63) is 30.0 Å². The van der Waals surface area contributed by atoms with Gasteiger partial charge in [-0.15, -0.1) is 0 Å². The number of hydrogen-bond acceptors (Lipinski definition) is 3. The molecule has 1 aromatic carbocycles. The van der Waals surface area contributed by atoms with Gasteiger partial charge in [-0.05, 0) is 24.6 Å². The number of rotatable bonds is 2. The van der Waals surface area contributed by atoms with Crippen molar-refractivity contribution in [1.29, 1.82) is 0 Å². The number of ether oxygens (including phenoxy) is 1. The minimum Gasteiger partial charge on any atom is -0.497 e. The Morgan fingerprint density at radius 1 is 1.47 bits per heavy atom. The summed E-state index contributed by atoms with van der Waals surface area (Å²) in [5, 5.41) is 1.13. The van der Waals surface area contributed by atoms with Crippen LogP contribution in [0.15, 0.2) is 28.9 Å². The van der Waals surface area contributed by atoms with E-state index in [9.17, 15) is 0 Å². The summed E-state index contributed by atoms with van der Waals surface area (Å²) in [5.41, 5.74) is 7.97. The van der Waals surface area contributed by atoms with Crippen LogP contribution < -0.4 is 10.5 Å². The maximum absolute atomic E-state index is 5.85. The van der Waals surface area contributed by atoms with E-state index in [0.29, 0.717) is 12.0 Å². The first-order valence-electron chi connectivity index (χ1n) is 5.10. The molecule has 1 aromatic heterocycles. The summed E-state index contributed by atoms with van der Waals surface area (Å²) >= 11 is 0.